The van der Waals surface area contributed by atoms with Crippen molar-refractivity contribution in [2.24, 2.45) is 5.92 Å². The van der Waals surface area contributed by atoms with Crippen LogP contribution < -0.4 is 0 Å². The molecular weight excluding hydrogens is 576 g/mol. The quantitative estimate of drug-likeness (QED) is 0.0327. The van der Waals surface area contributed by atoms with Crippen molar-refractivity contribution < 1.29 is 29.3 Å². The van der Waals surface area contributed by atoms with Gasteiger partial charge in [-0.05, 0) is 50.9 Å². The Morgan fingerprint density at radius 2 is 1.11 bits per heavy atom. The number of carbonyl (C=O) groups is 2. The molecule has 6 heteroatoms. The van der Waals surface area contributed by atoms with Gasteiger partial charge >= 0.3 is 11.9 Å². The van der Waals surface area contributed by atoms with E-state index in [1.54, 1.807) is 6.08 Å². The molecule has 6 nitrogen and oxygen atoms in total. The zero-order valence-electron chi connectivity index (χ0n) is 29.8. The summed E-state index contributed by atoms with van der Waals surface area (Å²) in [6.45, 7) is 6.42. The zero-order chi connectivity index (χ0) is 33.9. The Balaban J connectivity index is 3.65. The highest BCUT2D eigenvalue weighted by Crippen LogP contribution is 2.14. The number of ether oxygens (including phenoxy) is 2. The second kappa shape index (κ2) is 34.2. The second-order valence-electron chi connectivity index (χ2n) is 13.0. The molecule has 0 saturated carbocycles. The van der Waals surface area contributed by atoms with E-state index in [2.05, 4.69) is 45.1 Å². The van der Waals surface area contributed by atoms with E-state index < -0.39 is 18.2 Å². The SMILES string of the molecule is CCCCC/C=C\C/C=C\C/C=C\C=C\[C@@H](O)CCCC(=O)OC[C@H](O)COC(=O)CCCCCCCCCCCCCC(C)C. The molecule has 2 atom stereocenters. The Morgan fingerprint density at radius 3 is 1.70 bits per heavy atom. The van der Waals surface area contributed by atoms with Gasteiger partial charge in [0.15, 0.2) is 0 Å². The van der Waals surface area contributed by atoms with Gasteiger partial charge < -0.3 is 19.7 Å². The third-order valence-electron chi connectivity index (χ3n) is 7.85. The summed E-state index contributed by atoms with van der Waals surface area (Å²) in [6, 6.07) is 0. The van der Waals surface area contributed by atoms with E-state index in [0.29, 0.717) is 19.3 Å². The van der Waals surface area contributed by atoms with Crippen LogP contribution in [0.25, 0.3) is 0 Å². The fraction of sp³-hybridized carbons (Fsp3) is 0.750. The van der Waals surface area contributed by atoms with Crippen LogP contribution in [0.4, 0.5) is 0 Å². The molecule has 0 rings (SSSR count). The molecule has 0 bridgehead atoms. The van der Waals surface area contributed by atoms with Crippen molar-refractivity contribution in [2.75, 3.05) is 13.2 Å². The number of aliphatic hydroxyl groups excluding tert-OH is 2. The molecule has 0 aromatic carbocycles. The lowest BCUT2D eigenvalue weighted by Gasteiger charge is -2.12. The maximum atomic E-state index is 11.9. The van der Waals surface area contributed by atoms with Crippen molar-refractivity contribution in [3.05, 3.63) is 48.6 Å². The molecule has 0 aliphatic carbocycles. The summed E-state index contributed by atoms with van der Waals surface area (Å²) in [4.78, 5) is 23.9. The molecule has 266 valence electrons. The summed E-state index contributed by atoms with van der Waals surface area (Å²) in [5, 5.41) is 20.1. The van der Waals surface area contributed by atoms with Crippen LogP contribution in [0.2, 0.25) is 0 Å². The predicted octanol–water partition coefficient (Wildman–Crippen LogP) is 10.3. The van der Waals surface area contributed by atoms with E-state index in [9.17, 15) is 19.8 Å². The first-order valence-electron chi connectivity index (χ1n) is 18.7. The average Bonchev–Trinajstić information content (AvgIpc) is 3.03. The van der Waals surface area contributed by atoms with Gasteiger partial charge in [-0.1, -0.05) is 153 Å². The molecule has 0 aliphatic heterocycles. The molecule has 46 heavy (non-hydrogen) atoms. The molecular formula is C40H70O6. The third-order valence-corrected chi connectivity index (χ3v) is 7.85. The number of hydrogen-bond donors (Lipinski definition) is 2. The Labute approximate surface area is 282 Å². The minimum Gasteiger partial charge on any atom is -0.463 e. The third kappa shape index (κ3) is 34.7. The van der Waals surface area contributed by atoms with E-state index in [-0.39, 0.29) is 25.6 Å². The van der Waals surface area contributed by atoms with Gasteiger partial charge in [0, 0.05) is 12.8 Å². The summed E-state index contributed by atoms with van der Waals surface area (Å²) in [5.41, 5.74) is 0. The predicted molar refractivity (Wildman–Crippen MR) is 193 cm³/mol. The summed E-state index contributed by atoms with van der Waals surface area (Å²) in [7, 11) is 0. The summed E-state index contributed by atoms with van der Waals surface area (Å²) >= 11 is 0. The molecule has 0 saturated heterocycles. The lowest BCUT2D eigenvalue weighted by atomic mass is 10.0. The fourth-order valence-corrected chi connectivity index (χ4v) is 4.96. The van der Waals surface area contributed by atoms with Gasteiger partial charge in [-0.15, -0.1) is 0 Å². The van der Waals surface area contributed by atoms with Gasteiger partial charge in [-0.25, -0.2) is 0 Å². The molecule has 2 N–H and O–H groups in total. The van der Waals surface area contributed by atoms with Crippen molar-refractivity contribution in [1.29, 1.82) is 0 Å². The van der Waals surface area contributed by atoms with Crippen molar-refractivity contribution in [3.63, 3.8) is 0 Å². The number of unbranched alkanes of at least 4 members (excludes halogenated alkanes) is 13. The summed E-state index contributed by atoms with van der Waals surface area (Å²) in [5.74, 6) is 0.0637. The van der Waals surface area contributed by atoms with Gasteiger partial charge in [0.25, 0.3) is 0 Å². The number of allylic oxidation sites excluding steroid dienone is 7. The molecule has 0 aliphatic rings. The fourth-order valence-electron chi connectivity index (χ4n) is 4.96. The Bertz CT molecular complexity index is 813. The van der Waals surface area contributed by atoms with Crippen LogP contribution in [-0.2, 0) is 19.1 Å². The lowest BCUT2D eigenvalue weighted by Crippen LogP contribution is -2.25. The minimum absolute atomic E-state index is 0.156. The Hall–Kier alpha value is -2.18. The first-order chi connectivity index (χ1) is 22.3. The van der Waals surface area contributed by atoms with Crippen molar-refractivity contribution in [3.8, 4) is 0 Å². The van der Waals surface area contributed by atoms with Crippen LogP contribution in [0.1, 0.15) is 162 Å². The Kier molecular flexibility index (Phi) is 32.5. The van der Waals surface area contributed by atoms with E-state index in [1.807, 2.05) is 18.2 Å². The molecule has 0 aromatic heterocycles. The van der Waals surface area contributed by atoms with Crippen LogP contribution in [0.3, 0.4) is 0 Å². The highest BCUT2D eigenvalue weighted by atomic mass is 16.6. The summed E-state index contributed by atoms with van der Waals surface area (Å²) in [6.07, 6.45) is 37.7. The zero-order valence-corrected chi connectivity index (χ0v) is 29.8. The van der Waals surface area contributed by atoms with E-state index in [4.69, 9.17) is 9.47 Å². The van der Waals surface area contributed by atoms with E-state index in [0.717, 1.165) is 44.4 Å². The van der Waals surface area contributed by atoms with Gasteiger partial charge in [-0.2, -0.15) is 0 Å². The molecule has 0 aromatic rings. The highest BCUT2D eigenvalue weighted by Gasteiger charge is 2.12. The molecule has 0 amide bonds. The molecule has 0 fully saturated rings. The van der Waals surface area contributed by atoms with Crippen LogP contribution in [0, 0.1) is 5.92 Å². The van der Waals surface area contributed by atoms with Gasteiger partial charge in [0.05, 0.1) is 6.10 Å². The van der Waals surface area contributed by atoms with Crippen molar-refractivity contribution in [1.82, 2.24) is 0 Å². The maximum Gasteiger partial charge on any atom is 0.305 e. The molecule has 0 spiro atoms. The number of esters is 2. The number of aliphatic hydroxyl groups is 2. The average molecular weight is 647 g/mol. The van der Waals surface area contributed by atoms with Crippen LogP contribution in [0.5, 0.6) is 0 Å². The summed E-state index contributed by atoms with van der Waals surface area (Å²) < 4.78 is 10.2. The molecule has 0 heterocycles. The maximum absolute atomic E-state index is 11.9. The second-order valence-corrected chi connectivity index (χ2v) is 13.0. The largest absolute Gasteiger partial charge is 0.463 e. The van der Waals surface area contributed by atoms with Crippen LogP contribution in [0.15, 0.2) is 48.6 Å². The number of rotatable bonds is 32. The van der Waals surface area contributed by atoms with Crippen LogP contribution >= 0.6 is 0 Å². The normalized spacial score (nSPS) is 13.5. The molecule has 0 unspecified atom stereocenters. The van der Waals surface area contributed by atoms with Crippen molar-refractivity contribution >= 4 is 11.9 Å². The van der Waals surface area contributed by atoms with Crippen LogP contribution in [-0.4, -0.2) is 47.6 Å². The topological polar surface area (TPSA) is 93.1 Å². The van der Waals surface area contributed by atoms with E-state index >= 15 is 0 Å². The number of carbonyl (C=O) groups excluding carboxylic acids is 2. The lowest BCUT2D eigenvalue weighted by molar-refractivity contribution is -0.152. The standard InChI is InChI=1S/C40H70O6/c1-4-5-6-7-8-9-10-11-14-17-20-23-26-30-37(41)31-28-33-40(44)46-35-38(42)34-45-39(43)32-27-24-21-18-15-12-13-16-19-22-25-29-36(2)3/h8-9,11,14,20,23,26,30,36-38,41-42H,4-7,10,12-13,15-19,21-22,24-25,27-29,31-35H2,1-3H3/b9-8-,14-11-,23-20-,30-26+/t37-,38-/m1/s1. The Morgan fingerprint density at radius 1 is 0.587 bits per heavy atom. The highest BCUT2D eigenvalue weighted by molar-refractivity contribution is 5.69. The van der Waals surface area contributed by atoms with Crippen molar-refractivity contribution in [2.45, 2.75) is 174 Å². The first kappa shape index (κ1) is 43.8. The first-order valence-corrected chi connectivity index (χ1v) is 18.7. The van der Waals surface area contributed by atoms with Gasteiger partial charge in [0.1, 0.15) is 19.3 Å². The number of hydrogen-bond acceptors (Lipinski definition) is 6. The minimum atomic E-state index is -1.04. The van der Waals surface area contributed by atoms with E-state index in [1.165, 1.54) is 77.0 Å². The van der Waals surface area contributed by atoms with Gasteiger partial charge in [0.2, 0.25) is 0 Å². The molecule has 0 radical (unpaired) electrons. The van der Waals surface area contributed by atoms with Gasteiger partial charge in [-0.3, -0.25) is 9.59 Å². The monoisotopic (exact) mass is 647 g/mol. The smallest absolute Gasteiger partial charge is 0.305 e.